The van der Waals surface area contributed by atoms with E-state index in [2.05, 4.69) is 19.2 Å². The van der Waals surface area contributed by atoms with Crippen molar-refractivity contribution in [1.82, 2.24) is 0 Å². The number of aliphatic carboxylic acids is 1. The zero-order valence-electron chi connectivity index (χ0n) is 12.1. The van der Waals surface area contributed by atoms with Crippen molar-refractivity contribution in [1.29, 1.82) is 0 Å². The first kappa shape index (κ1) is 16.0. The zero-order valence-corrected chi connectivity index (χ0v) is 12.1. The van der Waals surface area contributed by atoms with Gasteiger partial charge in [0.1, 0.15) is 11.7 Å². The highest BCUT2D eigenvalue weighted by Gasteiger charge is 2.20. The molecular formula is C15H21NO4. The van der Waals surface area contributed by atoms with Gasteiger partial charge in [0, 0.05) is 11.8 Å². The summed E-state index contributed by atoms with van der Waals surface area (Å²) >= 11 is 0. The lowest BCUT2D eigenvalue weighted by Gasteiger charge is -2.11. The smallest absolute Gasteiger partial charge is 0.315 e. The fraction of sp³-hybridized carbons (Fsp3) is 0.467. The molecule has 0 saturated carbocycles. The second kappa shape index (κ2) is 7.53. The van der Waals surface area contributed by atoms with E-state index in [4.69, 9.17) is 9.84 Å². The SMILES string of the molecule is CC(C)CCOc1cccc(NC(=O)C(C)C(=O)O)c1. The average Bonchev–Trinajstić information content (AvgIpc) is 2.37. The van der Waals surface area contributed by atoms with Crippen molar-refractivity contribution in [2.45, 2.75) is 27.2 Å². The summed E-state index contributed by atoms with van der Waals surface area (Å²) in [7, 11) is 0. The highest BCUT2D eigenvalue weighted by atomic mass is 16.5. The van der Waals surface area contributed by atoms with E-state index in [1.165, 1.54) is 6.92 Å². The van der Waals surface area contributed by atoms with E-state index in [1.54, 1.807) is 24.3 Å². The second-order valence-corrected chi connectivity index (χ2v) is 5.11. The number of carbonyl (C=O) groups excluding carboxylic acids is 1. The Balaban J connectivity index is 2.59. The van der Waals surface area contributed by atoms with Crippen LogP contribution in [-0.4, -0.2) is 23.6 Å². The van der Waals surface area contributed by atoms with Gasteiger partial charge in [0.25, 0.3) is 0 Å². The first-order valence-electron chi connectivity index (χ1n) is 6.66. The number of hydrogen-bond acceptors (Lipinski definition) is 3. The molecular weight excluding hydrogens is 258 g/mol. The molecule has 0 heterocycles. The summed E-state index contributed by atoms with van der Waals surface area (Å²) in [5, 5.41) is 11.3. The standard InChI is InChI=1S/C15H21NO4/c1-10(2)7-8-20-13-6-4-5-12(9-13)16-14(17)11(3)15(18)19/h4-6,9-11H,7-8H2,1-3H3,(H,16,17)(H,18,19). The Morgan fingerprint density at radius 2 is 2.00 bits per heavy atom. The fourth-order valence-electron chi connectivity index (χ4n) is 1.44. The lowest BCUT2D eigenvalue weighted by Crippen LogP contribution is -2.26. The zero-order chi connectivity index (χ0) is 15.1. The molecule has 0 aliphatic heterocycles. The Bertz CT molecular complexity index is 471. The number of ether oxygens (including phenoxy) is 1. The summed E-state index contributed by atoms with van der Waals surface area (Å²) < 4.78 is 5.58. The van der Waals surface area contributed by atoms with E-state index in [-0.39, 0.29) is 0 Å². The van der Waals surface area contributed by atoms with E-state index >= 15 is 0 Å². The van der Waals surface area contributed by atoms with Crippen molar-refractivity contribution in [2.75, 3.05) is 11.9 Å². The monoisotopic (exact) mass is 279 g/mol. The third-order valence-electron chi connectivity index (χ3n) is 2.83. The molecule has 0 spiro atoms. The van der Waals surface area contributed by atoms with Crippen LogP contribution in [0.4, 0.5) is 5.69 Å². The van der Waals surface area contributed by atoms with Gasteiger partial charge in [0.2, 0.25) is 5.91 Å². The highest BCUT2D eigenvalue weighted by Crippen LogP contribution is 2.18. The van der Waals surface area contributed by atoms with Gasteiger partial charge in [-0.1, -0.05) is 19.9 Å². The molecule has 5 heteroatoms. The number of anilines is 1. The van der Waals surface area contributed by atoms with Gasteiger partial charge in [-0.2, -0.15) is 0 Å². The number of nitrogens with one attached hydrogen (secondary N) is 1. The number of rotatable bonds is 7. The van der Waals surface area contributed by atoms with E-state index in [9.17, 15) is 9.59 Å². The van der Waals surface area contributed by atoms with Crippen molar-refractivity contribution < 1.29 is 19.4 Å². The van der Waals surface area contributed by atoms with Crippen LogP contribution >= 0.6 is 0 Å². The molecule has 1 atom stereocenters. The summed E-state index contributed by atoms with van der Waals surface area (Å²) in [5.74, 6) is -1.55. The van der Waals surface area contributed by atoms with Crippen LogP contribution in [0, 0.1) is 11.8 Å². The highest BCUT2D eigenvalue weighted by molar-refractivity contribution is 6.03. The summed E-state index contributed by atoms with van der Waals surface area (Å²) in [6.45, 7) is 6.20. The number of carbonyl (C=O) groups is 2. The van der Waals surface area contributed by atoms with Crippen molar-refractivity contribution in [3.8, 4) is 5.75 Å². The maximum absolute atomic E-state index is 11.6. The van der Waals surface area contributed by atoms with E-state index < -0.39 is 17.8 Å². The topological polar surface area (TPSA) is 75.6 Å². The van der Waals surface area contributed by atoms with Gasteiger partial charge in [-0.05, 0) is 31.4 Å². The molecule has 1 aromatic rings. The van der Waals surface area contributed by atoms with Crippen molar-refractivity contribution in [3.63, 3.8) is 0 Å². The lowest BCUT2D eigenvalue weighted by atomic mass is 10.1. The molecule has 0 aliphatic rings. The largest absolute Gasteiger partial charge is 0.494 e. The first-order chi connectivity index (χ1) is 9.40. The number of hydrogen-bond donors (Lipinski definition) is 2. The molecule has 1 aromatic carbocycles. The number of carboxylic acids is 1. The Morgan fingerprint density at radius 1 is 1.30 bits per heavy atom. The Labute approximate surface area is 118 Å². The average molecular weight is 279 g/mol. The molecule has 0 aromatic heterocycles. The van der Waals surface area contributed by atoms with Gasteiger partial charge >= 0.3 is 5.97 Å². The molecule has 1 rings (SSSR count). The molecule has 20 heavy (non-hydrogen) atoms. The molecule has 0 bridgehead atoms. The summed E-state index contributed by atoms with van der Waals surface area (Å²) in [6.07, 6.45) is 0.951. The van der Waals surface area contributed by atoms with Crippen LogP contribution in [-0.2, 0) is 9.59 Å². The van der Waals surface area contributed by atoms with Crippen LogP contribution in [0.2, 0.25) is 0 Å². The minimum absolute atomic E-state index is 0.533. The van der Waals surface area contributed by atoms with Crippen LogP contribution in [0.1, 0.15) is 27.2 Å². The van der Waals surface area contributed by atoms with Gasteiger partial charge in [-0.15, -0.1) is 0 Å². The molecule has 0 radical (unpaired) electrons. The van der Waals surface area contributed by atoms with Gasteiger partial charge < -0.3 is 15.2 Å². The molecule has 0 aliphatic carbocycles. The maximum Gasteiger partial charge on any atom is 0.315 e. The van der Waals surface area contributed by atoms with Crippen LogP contribution in [0.15, 0.2) is 24.3 Å². The summed E-state index contributed by atoms with van der Waals surface area (Å²) in [6, 6.07) is 6.94. The molecule has 0 saturated heterocycles. The predicted octanol–water partition coefficient (Wildman–Crippen LogP) is 2.77. The lowest BCUT2D eigenvalue weighted by molar-refractivity contribution is -0.144. The van der Waals surface area contributed by atoms with Gasteiger partial charge in [0.05, 0.1) is 6.61 Å². The molecule has 1 unspecified atom stereocenters. The normalized spacial score (nSPS) is 12.0. The van der Waals surface area contributed by atoms with Crippen molar-refractivity contribution in [2.24, 2.45) is 11.8 Å². The Morgan fingerprint density at radius 3 is 2.60 bits per heavy atom. The minimum Gasteiger partial charge on any atom is -0.494 e. The third-order valence-corrected chi connectivity index (χ3v) is 2.83. The van der Waals surface area contributed by atoms with E-state index in [1.807, 2.05) is 0 Å². The predicted molar refractivity (Wildman–Crippen MR) is 76.8 cm³/mol. The quantitative estimate of drug-likeness (QED) is 0.752. The maximum atomic E-state index is 11.6. The number of benzene rings is 1. The van der Waals surface area contributed by atoms with Crippen molar-refractivity contribution >= 4 is 17.6 Å². The molecule has 5 nitrogen and oxygen atoms in total. The van der Waals surface area contributed by atoms with Crippen LogP contribution in [0.5, 0.6) is 5.75 Å². The Kier molecular flexibility index (Phi) is 6.03. The summed E-state index contributed by atoms with van der Waals surface area (Å²) in [5.41, 5.74) is 0.533. The van der Waals surface area contributed by atoms with Crippen molar-refractivity contribution in [3.05, 3.63) is 24.3 Å². The van der Waals surface area contributed by atoms with E-state index in [0.29, 0.717) is 24.0 Å². The molecule has 110 valence electrons. The van der Waals surface area contributed by atoms with Crippen LogP contribution in [0.3, 0.4) is 0 Å². The van der Waals surface area contributed by atoms with Gasteiger partial charge in [0.15, 0.2) is 0 Å². The number of carboxylic acid groups (broad SMARTS) is 1. The van der Waals surface area contributed by atoms with Crippen LogP contribution in [0.25, 0.3) is 0 Å². The first-order valence-corrected chi connectivity index (χ1v) is 6.66. The Hall–Kier alpha value is -2.04. The fourth-order valence-corrected chi connectivity index (χ4v) is 1.44. The number of amides is 1. The molecule has 2 N–H and O–H groups in total. The van der Waals surface area contributed by atoms with E-state index in [0.717, 1.165) is 6.42 Å². The van der Waals surface area contributed by atoms with Gasteiger partial charge in [-0.25, -0.2) is 0 Å². The molecule has 1 amide bonds. The second-order valence-electron chi connectivity index (χ2n) is 5.11. The minimum atomic E-state index is -1.15. The molecule has 0 fully saturated rings. The van der Waals surface area contributed by atoms with Crippen LogP contribution < -0.4 is 10.1 Å². The summed E-state index contributed by atoms with van der Waals surface area (Å²) in [4.78, 5) is 22.4. The third kappa shape index (κ3) is 5.30. The van der Waals surface area contributed by atoms with Gasteiger partial charge in [-0.3, -0.25) is 9.59 Å².